The average Bonchev–Trinajstić information content (AvgIpc) is 2.67. The van der Waals surface area contributed by atoms with E-state index in [2.05, 4.69) is 0 Å². The number of hydrogen-bond donors (Lipinski definition) is 2. The van der Waals surface area contributed by atoms with E-state index in [1.54, 1.807) is 31.2 Å². The zero-order valence-electron chi connectivity index (χ0n) is 9.46. The highest BCUT2D eigenvalue weighted by Crippen LogP contribution is 2.36. The van der Waals surface area contributed by atoms with Crippen LogP contribution in [0.4, 0.5) is 5.69 Å². The van der Waals surface area contributed by atoms with Crippen LogP contribution in [0.25, 0.3) is 0 Å². The van der Waals surface area contributed by atoms with E-state index in [4.69, 9.17) is 10.8 Å². The summed E-state index contributed by atoms with van der Waals surface area (Å²) < 4.78 is 0. The number of para-hydroxylation sites is 1. The van der Waals surface area contributed by atoms with Crippen molar-refractivity contribution in [2.75, 3.05) is 11.4 Å². The fraction of sp³-hybridized carbons (Fsp3) is 0.333. The van der Waals surface area contributed by atoms with E-state index in [-0.39, 0.29) is 12.5 Å². The molecule has 1 aromatic rings. The Morgan fingerprint density at radius 1 is 1.47 bits per heavy atom. The Hall–Kier alpha value is -1.88. The number of carboxylic acids is 1. The standard InChI is InChI=1S/C12H14N2O3/c1-7(13)11(15)14-6-9(12(16)17)8-4-2-3-5-10(8)14/h2-5,7,9H,6,13H2,1H3,(H,16,17)/t7-,9?/m1/s1. The van der Waals surface area contributed by atoms with Gasteiger partial charge < -0.3 is 15.7 Å². The predicted octanol–water partition coefficient (Wildman–Crippen LogP) is 0.549. The molecule has 0 spiro atoms. The minimum atomic E-state index is -0.919. The summed E-state index contributed by atoms with van der Waals surface area (Å²) in [4.78, 5) is 24.5. The Kier molecular flexibility index (Phi) is 2.85. The third kappa shape index (κ3) is 1.89. The summed E-state index contributed by atoms with van der Waals surface area (Å²) in [5.41, 5.74) is 6.89. The molecule has 1 aromatic carbocycles. The van der Waals surface area contributed by atoms with E-state index < -0.39 is 17.9 Å². The second-order valence-electron chi connectivity index (χ2n) is 4.19. The molecule has 5 heteroatoms. The van der Waals surface area contributed by atoms with Crippen LogP contribution in [0.5, 0.6) is 0 Å². The summed E-state index contributed by atoms with van der Waals surface area (Å²) in [6, 6.07) is 6.41. The number of anilines is 1. The van der Waals surface area contributed by atoms with Crippen molar-refractivity contribution in [3.05, 3.63) is 29.8 Å². The summed E-state index contributed by atoms with van der Waals surface area (Å²) in [6.07, 6.45) is 0. The van der Waals surface area contributed by atoms with E-state index in [0.717, 1.165) is 0 Å². The van der Waals surface area contributed by atoms with Gasteiger partial charge in [0, 0.05) is 12.2 Å². The largest absolute Gasteiger partial charge is 0.481 e. The number of nitrogens with two attached hydrogens (primary N) is 1. The Balaban J connectivity index is 2.41. The minimum absolute atomic E-state index is 0.162. The Bertz CT molecular complexity index is 471. The lowest BCUT2D eigenvalue weighted by Gasteiger charge is -2.19. The highest BCUT2D eigenvalue weighted by atomic mass is 16.4. The third-order valence-corrected chi connectivity index (χ3v) is 2.92. The first-order valence-corrected chi connectivity index (χ1v) is 5.41. The van der Waals surface area contributed by atoms with Crippen molar-refractivity contribution in [3.8, 4) is 0 Å². The van der Waals surface area contributed by atoms with Crippen molar-refractivity contribution in [2.24, 2.45) is 5.73 Å². The molecule has 1 heterocycles. The second-order valence-corrected chi connectivity index (χ2v) is 4.19. The maximum Gasteiger partial charge on any atom is 0.312 e. The number of rotatable bonds is 2. The molecule has 0 aliphatic carbocycles. The van der Waals surface area contributed by atoms with Gasteiger partial charge in [-0.05, 0) is 18.6 Å². The van der Waals surface area contributed by atoms with Crippen LogP contribution in [0.3, 0.4) is 0 Å². The number of aliphatic carboxylic acids is 1. The van der Waals surface area contributed by atoms with Gasteiger partial charge in [0.05, 0.1) is 6.04 Å². The topological polar surface area (TPSA) is 83.6 Å². The molecule has 0 saturated carbocycles. The number of hydrogen-bond acceptors (Lipinski definition) is 3. The molecule has 1 aliphatic heterocycles. The van der Waals surface area contributed by atoms with Gasteiger partial charge in [0.25, 0.3) is 0 Å². The monoisotopic (exact) mass is 234 g/mol. The first-order valence-electron chi connectivity index (χ1n) is 5.41. The summed E-state index contributed by atoms with van der Waals surface area (Å²) in [6.45, 7) is 1.76. The average molecular weight is 234 g/mol. The van der Waals surface area contributed by atoms with E-state index in [1.807, 2.05) is 0 Å². The van der Waals surface area contributed by atoms with Crippen molar-refractivity contribution in [1.82, 2.24) is 0 Å². The normalized spacial score (nSPS) is 19.9. The molecule has 1 amide bonds. The van der Waals surface area contributed by atoms with Gasteiger partial charge >= 0.3 is 5.97 Å². The molecule has 2 rings (SSSR count). The number of carbonyl (C=O) groups excluding carboxylic acids is 1. The predicted molar refractivity (Wildman–Crippen MR) is 62.8 cm³/mol. The van der Waals surface area contributed by atoms with Crippen LogP contribution in [0.1, 0.15) is 18.4 Å². The maximum absolute atomic E-state index is 11.9. The van der Waals surface area contributed by atoms with Crippen LogP contribution in [-0.2, 0) is 9.59 Å². The van der Waals surface area contributed by atoms with Gasteiger partial charge in [-0.25, -0.2) is 0 Å². The molecule has 90 valence electrons. The van der Waals surface area contributed by atoms with Crippen molar-refractivity contribution in [3.63, 3.8) is 0 Å². The number of benzene rings is 1. The fourth-order valence-corrected chi connectivity index (χ4v) is 2.07. The van der Waals surface area contributed by atoms with E-state index in [1.165, 1.54) is 4.90 Å². The van der Waals surface area contributed by atoms with Crippen LogP contribution in [0.15, 0.2) is 24.3 Å². The van der Waals surface area contributed by atoms with Crippen LogP contribution < -0.4 is 10.6 Å². The lowest BCUT2D eigenvalue weighted by atomic mass is 10.0. The fourth-order valence-electron chi connectivity index (χ4n) is 2.07. The van der Waals surface area contributed by atoms with Crippen molar-refractivity contribution < 1.29 is 14.7 Å². The van der Waals surface area contributed by atoms with Crippen molar-refractivity contribution in [1.29, 1.82) is 0 Å². The minimum Gasteiger partial charge on any atom is -0.481 e. The first kappa shape index (κ1) is 11.6. The lowest BCUT2D eigenvalue weighted by Crippen LogP contribution is -2.42. The number of carboxylic acid groups (broad SMARTS) is 1. The number of amides is 1. The molecule has 0 saturated heterocycles. The molecular weight excluding hydrogens is 220 g/mol. The summed E-state index contributed by atoms with van der Waals surface area (Å²) >= 11 is 0. The summed E-state index contributed by atoms with van der Waals surface area (Å²) in [7, 11) is 0. The summed E-state index contributed by atoms with van der Waals surface area (Å²) in [5.74, 6) is -1.83. The molecule has 0 radical (unpaired) electrons. The van der Waals surface area contributed by atoms with Gasteiger partial charge in [-0.15, -0.1) is 0 Å². The Morgan fingerprint density at radius 2 is 2.12 bits per heavy atom. The zero-order valence-corrected chi connectivity index (χ0v) is 9.46. The van der Waals surface area contributed by atoms with Gasteiger partial charge in [-0.3, -0.25) is 9.59 Å². The lowest BCUT2D eigenvalue weighted by molar-refractivity contribution is -0.138. The van der Waals surface area contributed by atoms with Gasteiger partial charge in [-0.1, -0.05) is 18.2 Å². The van der Waals surface area contributed by atoms with E-state index in [0.29, 0.717) is 11.3 Å². The van der Waals surface area contributed by atoms with Crippen LogP contribution in [0, 0.1) is 0 Å². The highest BCUT2D eigenvalue weighted by Gasteiger charge is 2.36. The van der Waals surface area contributed by atoms with Crippen LogP contribution >= 0.6 is 0 Å². The summed E-state index contributed by atoms with van der Waals surface area (Å²) in [5, 5.41) is 9.13. The molecular formula is C12H14N2O3. The van der Waals surface area contributed by atoms with E-state index >= 15 is 0 Å². The Labute approximate surface area is 98.8 Å². The van der Waals surface area contributed by atoms with Gasteiger partial charge in [-0.2, -0.15) is 0 Å². The third-order valence-electron chi connectivity index (χ3n) is 2.92. The molecule has 1 unspecified atom stereocenters. The van der Waals surface area contributed by atoms with Crippen LogP contribution in [0.2, 0.25) is 0 Å². The molecule has 2 atom stereocenters. The highest BCUT2D eigenvalue weighted by molar-refractivity contribution is 6.01. The molecule has 0 aromatic heterocycles. The molecule has 1 aliphatic rings. The van der Waals surface area contributed by atoms with Gasteiger partial charge in [0.15, 0.2) is 0 Å². The van der Waals surface area contributed by atoms with Gasteiger partial charge in [0.2, 0.25) is 5.91 Å². The number of nitrogens with zero attached hydrogens (tertiary/aromatic N) is 1. The Morgan fingerprint density at radius 3 is 2.71 bits per heavy atom. The second kappa shape index (κ2) is 4.18. The number of fused-ring (bicyclic) bond motifs is 1. The number of carbonyl (C=O) groups is 2. The van der Waals surface area contributed by atoms with E-state index in [9.17, 15) is 9.59 Å². The molecule has 0 fully saturated rings. The zero-order chi connectivity index (χ0) is 12.6. The molecule has 5 nitrogen and oxygen atoms in total. The SMILES string of the molecule is C[C@@H](N)C(=O)N1CC(C(=O)O)c2ccccc21. The smallest absolute Gasteiger partial charge is 0.312 e. The molecule has 0 bridgehead atoms. The molecule has 3 N–H and O–H groups in total. The van der Waals surface area contributed by atoms with Gasteiger partial charge in [0.1, 0.15) is 5.92 Å². The van der Waals surface area contributed by atoms with Crippen molar-refractivity contribution in [2.45, 2.75) is 18.9 Å². The first-order chi connectivity index (χ1) is 8.02. The van der Waals surface area contributed by atoms with Crippen LogP contribution in [-0.4, -0.2) is 29.6 Å². The molecule has 17 heavy (non-hydrogen) atoms. The quantitative estimate of drug-likeness (QED) is 0.782. The maximum atomic E-state index is 11.9. The van der Waals surface area contributed by atoms with Crippen molar-refractivity contribution >= 4 is 17.6 Å².